The highest BCUT2D eigenvalue weighted by Crippen LogP contribution is 2.88. The molecule has 0 amide bonds. The van der Waals surface area contributed by atoms with Gasteiger partial charge in [0.1, 0.15) is 11.4 Å². The number of hydrogen-bond donors (Lipinski definition) is 0. The summed E-state index contributed by atoms with van der Waals surface area (Å²) in [7, 11) is 0. The highest BCUT2D eigenvalue weighted by molar-refractivity contribution is 5.88. The summed E-state index contributed by atoms with van der Waals surface area (Å²) in [4.78, 5) is 23.9. The summed E-state index contributed by atoms with van der Waals surface area (Å²) in [5, 5.41) is 0. The molecule has 6 unspecified atom stereocenters. The summed E-state index contributed by atoms with van der Waals surface area (Å²) in [6.07, 6.45) is 3.46. The van der Waals surface area contributed by atoms with Crippen LogP contribution in [0.4, 0.5) is 8.78 Å². The van der Waals surface area contributed by atoms with Crippen LogP contribution in [0, 0.1) is 40.7 Å². The maximum absolute atomic E-state index is 14.2. The maximum atomic E-state index is 14.2. The smallest absolute Gasteiger partial charge is 0.344 e. The van der Waals surface area contributed by atoms with Crippen molar-refractivity contribution in [1.82, 2.24) is 0 Å². The van der Waals surface area contributed by atoms with Crippen molar-refractivity contribution in [2.75, 3.05) is 6.61 Å². The molecule has 4 saturated carbocycles. The largest absolute Gasteiger partial charge is 0.476 e. The van der Waals surface area contributed by atoms with Crippen LogP contribution in [-0.4, -0.2) is 24.1 Å². The number of carbonyl (C=O) groups excluding carboxylic acids is 2. The number of esters is 2. The molecule has 5 rings (SSSR count). The minimum absolute atomic E-state index is 0.0953. The average Bonchev–Trinajstić information content (AvgIpc) is 3.33. The second kappa shape index (κ2) is 5.80. The van der Waals surface area contributed by atoms with Gasteiger partial charge in [-0.3, -0.25) is 0 Å². The summed E-state index contributed by atoms with van der Waals surface area (Å²) in [6, 6.07) is 1.64. The van der Waals surface area contributed by atoms with E-state index in [1.165, 1.54) is 13.3 Å². The Kier molecular flexibility index (Phi) is 3.72. The van der Waals surface area contributed by atoms with E-state index in [9.17, 15) is 18.4 Å². The zero-order chi connectivity index (χ0) is 20.7. The first-order chi connectivity index (χ1) is 13.7. The van der Waals surface area contributed by atoms with Crippen LogP contribution in [0.1, 0.15) is 33.1 Å². The zero-order valence-electron chi connectivity index (χ0n) is 16.3. The van der Waals surface area contributed by atoms with Gasteiger partial charge in [-0.2, -0.15) is 0 Å². The van der Waals surface area contributed by atoms with Gasteiger partial charge >= 0.3 is 11.9 Å². The third-order valence-corrected chi connectivity index (χ3v) is 7.55. The van der Waals surface area contributed by atoms with Crippen LogP contribution < -0.4 is 9.47 Å². The van der Waals surface area contributed by atoms with Crippen molar-refractivity contribution in [2.45, 2.75) is 38.7 Å². The summed E-state index contributed by atoms with van der Waals surface area (Å²) in [6.45, 7) is 6.23. The maximum Gasteiger partial charge on any atom is 0.344 e. The molecule has 4 fully saturated rings. The fourth-order valence-electron chi connectivity index (χ4n) is 6.31. The van der Waals surface area contributed by atoms with Crippen LogP contribution in [-0.2, 0) is 14.3 Å². The van der Waals surface area contributed by atoms with Gasteiger partial charge in [-0.05, 0) is 50.4 Å². The van der Waals surface area contributed by atoms with E-state index in [2.05, 4.69) is 6.58 Å². The van der Waals surface area contributed by atoms with Gasteiger partial charge in [-0.1, -0.05) is 6.58 Å². The molecule has 4 aliphatic carbocycles. The molecule has 154 valence electrons. The molecular formula is C22H22F2O5. The fraction of sp³-hybridized carbons (Fsp3) is 0.545. The minimum Gasteiger partial charge on any atom is -0.476 e. The highest BCUT2D eigenvalue weighted by atomic mass is 19.1. The van der Waals surface area contributed by atoms with Gasteiger partial charge in [0.15, 0.2) is 24.0 Å². The molecular weight excluding hydrogens is 382 g/mol. The lowest BCUT2D eigenvalue weighted by atomic mass is 9.47. The summed E-state index contributed by atoms with van der Waals surface area (Å²) in [5.74, 6) is -2.30. The van der Waals surface area contributed by atoms with Gasteiger partial charge in [0.05, 0.1) is 0 Å². The second-order valence-corrected chi connectivity index (χ2v) is 9.15. The van der Waals surface area contributed by atoms with Gasteiger partial charge in [0.2, 0.25) is 0 Å². The molecule has 1 spiro atoms. The van der Waals surface area contributed by atoms with Gasteiger partial charge < -0.3 is 14.2 Å². The SMILES string of the molecule is C=C(C)C(=O)Oc1cc(F)c(OCC(=O)OC2(C)C3CC4CC5(CC52)C43)c(F)c1. The fourth-order valence-corrected chi connectivity index (χ4v) is 6.31. The van der Waals surface area contributed by atoms with E-state index < -0.39 is 41.5 Å². The predicted molar refractivity (Wildman–Crippen MR) is 97.0 cm³/mol. The molecule has 5 nitrogen and oxygen atoms in total. The molecule has 0 bridgehead atoms. The third-order valence-electron chi connectivity index (χ3n) is 7.55. The number of rotatable bonds is 6. The Bertz CT molecular complexity index is 930. The van der Waals surface area contributed by atoms with Crippen LogP contribution in [0.2, 0.25) is 0 Å². The van der Waals surface area contributed by atoms with Gasteiger partial charge in [-0.25, -0.2) is 18.4 Å². The van der Waals surface area contributed by atoms with E-state index in [1.807, 2.05) is 6.92 Å². The van der Waals surface area contributed by atoms with Crippen LogP contribution >= 0.6 is 0 Å². The second-order valence-electron chi connectivity index (χ2n) is 9.15. The zero-order valence-corrected chi connectivity index (χ0v) is 16.3. The topological polar surface area (TPSA) is 61.8 Å². The number of halogens is 2. The normalized spacial score (nSPS) is 37.4. The van der Waals surface area contributed by atoms with E-state index in [-0.39, 0.29) is 11.3 Å². The molecule has 0 aliphatic heterocycles. The third kappa shape index (κ3) is 2.49. The van der Waals surface area contributed by atoms with Crippen molar-refractivity contribution in [1.29, 1.82) is 0 Å². The van der Waals surface area contributed by atoms with Gasteiger partial charge in [0, 0.05) is 29.5 Å². The first-order valence-corrected chi connectivity index (χ1v) is 9.87. The number of ether oxygens (including phenoxy) is 3. The highest BCUT2D eigenvalue weighted by Gasteiger charge is 2.86. The Hall–Kier alpha value is -2.44. The predicted octanol–water partition coefficient (Wildman–Crippen LogP) is 3.80. The standard InChI is InChI=1S/C22H22F2O5/c1-10(2)20(26)28-12-5-14(23)19(15(24)6-12)27-9-17(25)29-21(3)13-4-11-7-22(18(11)13)8-16(21)22/h5-6,11,13,16,18H,1,4,7-9H2,2-3H3. The Labute approximate surface area is 167 Å². The number of hydrogen-bond acceptors (Lipinski definition) is 5. The van der Waals surface area contributed by atoms with Crippen molar-refractivity contribution in [3.8, 4) is 11.5 Å². The molecule has 6 atom stereocenters. The molecule has 7 heteroatoms. The lowest BCUT2D eigenvalue weighted by Crippen LogP contribution is -2.55. The molecule has 0 heterocycles. The monoisotopic (exact) mass is 404 g/mol. The van der Waals surface area contributed by atoms with E-state index >= 15 is 0 Å². The van der Waals surface area contributed by atoms with E-state index in [1.54, 1.807) is 0 Å². The van der Waals surface area contributed by atoms with Crippen LogP contribution in [0.3, 0.4) is 0 Å². The summed E-state index contributed by atoms with van der Waals surface area (Å²) in [5.41, 5.74) is 0.00659. The Balaban J connectivity index is 1.22. The molecule has 29 heavy (non-hydrogen) atoms. The van der Waals surface area contributed by atoms with Gasteiger partial charge in [0.25, 0.3) is 0 Å². The molecule has 1 aromatic rings. The molecule has 4 aliphatic rings. The van der Waals surface area contributed by atoms with Crippen molar-refractivity contribution in [2.24, 2.45) is 29.1 Å². The Morgan fingerprint density at radius 3 is 2.52 bits per heavy atom. The molecule has 1 aromatic carbocycles. The first-order valence-electron chi connectivity index (χ1n) is 9.87. The minimum atomic E-state index is -1.07. The molecule has 0 N–H and O–H groups in total. The van der Waals surface area contributed by atoms with E-state index in [0.29, 0.717) is 23.2 Å². The first kappa shape index (κ1) is 18.6. The van der Waals surface area contributed by atoms with Crippen LogP contribution in [0.5, 0.6) is 11.5 Å². The Morgan fingerprint density at radius 2 is 1.93 bits per heavy atom. The quantitative estimate of drug-likeness (QED) is 0.410. The van der Waals surface area contributed by atoms with E-state index in [4.69, 9.17) is 14.2 Å². The van der Waals surface area contributed by atoms with Crippen molar-refractivity contribution in [3.63, 3.8) is 0 Å². The lowest BCUT2D eigenvalue weighted by Gasteiger charge is -2.58. The average molecular weight is 404 g/mol. The van der Waals surface area contributed by atoms with Crippen molar-refractivity contribution in [3.05, 3.63) is 35.9 Å². The lowest BCUT2D eigenvalue weighted by molar-refractivity contribution is -0.182. The Morgan fingerprint density at radius 1 is 1.24 bits per heavy atom. The molecule has 0 radical (unpaired) electrons. The van der Waals surface area contributed by atoms with Crippen molar-refractivity contribution < 1.29 is 32.6 Å². The van der Waals surface area contributed by atoms with Crippen molar-refractivity contribution >= 4 is 11.9 Å². The number of benzene rings is 1. The van der Waals surface area contributed by atoms with Crippen LogP contribution in [0.25, 0.3) is 0 Å². The van der Waals surface area contributed by atoms with Gasteiger partial charge in [-0.15, -0.1) is 0 Å². The van der Waals surface area contributed by atoms with Crippen LogP contribution in [0.15, 0.2) is 24.3 Å². The number of carbonyl (C=O) groups is 2. The van der Waals surface area contributed by atoms with E-state index in [0.717, 1.165) is 30.9 Å². The summed E-state index contributed by atoms with van der Waals surface area (Å²) >= 11 is 0. The summed E-state index contributed by atoms with van der Waals surface area (Å²) < 4.78 is 44.1. The molecule has 0 saturated heterocycles. The molecule has 0 aromatic heterocycles.